The Hall–Kier alpha value is -4.84. The van der Waals surface area contributed by atoms with Gasteiger partial charge in [0.25, 0.3) is 0 Å². The SMILES string of the molecule is O=c1nc(Nc2ccccc2)ccn1[C@@H]1OCC(OP(=O)(O)OP(=O)(O)OP(=O)(O)OCCS(=O)(=O)c2ccc3ccc4cccc5ccc2c3c45)C1Oc1ccccc1. The summed E-state index contributed by atoms with van der Waals surface area (Å²) in [5, 5.41) is 7.60. The third kappa shape index (κ3) is 9.23. The van der Waals surface area contributed by atoms with E-state index < -0.39 is 76.4 Å². The monoisotopic (exact) mass is 897 g/mol. The van der Waals surface area contributed by atoms with Gasteiger partial charge in [0.2, 0.25) is 0 Å². The third-order valence-electron chi connectivity index (χ3n) is 9.36. The molecule has 0 amide bonds. The minimum Gasteiger partial charge on any atom is -0.483 e. The molecular formula is C38H34N3O15P3S. The van der Waals surface area contributed by atoms with E-state index in [1.807, 2.05) is 36.4 Å². The summed E-state index contributed by atoms with van der Waals surface area (Å²) < 4.78 is 96.9. The molecular weight excluding hydrogens is 863 g/mol. The molecule has 2 heterocycles. The van der Waals surface area contributed by atoms with E-state index in [-0.39, 0.29) is 16.5 Å². The Balaban J connectivity index is 0.927. The largest absolute Gasteiger partial charge is 0.490 e. The standard InChI is InChI=1S/C38H34N3O15P3S/c42-38-40-33(39-28-10-3-1-4-11-28)20-21-41(38)37-36(53-29-12-5-2-6-13-29)31(24-51-37)54-58(45,46)56-59(47,48)55-57(43,44)52-22-23-60(49,50)32-19-17-27-15-14-25-8-7-9-26-16-18-30(32)35(27)34(25)26/h1-21,31,36-37H,22-24H2,(H,43,44)(H,45,46)(H,47,48)(H,39,40,42)/t31?,36?,37-/m1/s1. The Morgan fingerprint density at radius 3 is 2.08 bits per heavy atom. The van der Waals surface area contributed by atoms with E-state index in [0.717, 1.165) is 26.1 Å². The van der Waals surface area contributed by atoms with Crippen LogP contribution in [0.4, 0.5) is 11.5 Å². The van der Waals surface area contributed by atoms with Crippen molar-refractivity contribution in [2.24, 2.45) is 0 Å². The van der Waals surface area contributed by atoms with Crippen molar-refractivity contribution in [1.29, 1.82) is 0 Å². The second-order valence-electron chi connectivity index (χ2n) is 13.4. The Morgan fingerprint density at radius 1 is 0.750 bits per heavy atom. The van der Waals surface area contributed by atoms with Gasteiger partial charge in [0.15, 0.2) is 22.2 Å². The van der Waals surface area contributed by atoms with Crippen molar-refractivity contribution in [2.45, 2.75) is 23.3 Å². The highest BCUT2D eigenvalue weighted by atomic mass is 32.2. The molecule has 1 aliphatic rings. The minimum absolute atomic E-state index is 0.0778. The number of benzene rings is 6. The van der Waals surface area contributed by atoms with Crippen LogP contribution in [0.3, 0.4) is 0 Å². The second-order valence-corrected chi connectivity index (χ2v) is 20.1. The number of para-hydroxylation sites is 2. The van der Waals surface area contributed by atoms with E-state index in [2.05, 4.69) is 18.9 Å². The quantitative estimate of drug-likeness (QED) is 0.0559. The van der Waals surface area contributed by atoms with Crippen LogP contribution < -0.4 is 15.7 Å². The Morgan fingerprint density at radius 2 is 1.38 bits per heavy atom. The second kappa shape index (κ2) is 16.6. The molecule has 0 radical (unpaired) electrons. The molecule has 6 atom stereocenters. The van der Waals surface area contributed by atoms with Crippen molar-refractivity contribution < 1.29 is 63.9 Å². The average molecular weight is 898 g/mol. The first-order chi connectivity index (χ1) is 28.6. The lowest BCUT2D eigenvalue weighted by Crippen LogP contribution is -2.39. The summed E-state index contributed by atoms with van der Waals surface area (Å²) in [5.41, 5.74) is -0.141. The molecule has 60 heavy (non-hydrogen) atoms. The summed E-state index contributed by atoms with van der Waals surface area (Å²) in [6, 6.07) is 34.4. The molecule has 1 fully saturated rings. The van der Waals surface area contributed by atoms with Gasteiger partial charge < -0.3 is 29.5 Å². The molecule has 0 spiro atoms. The number of ether oxygens (including phenoxy) is 2. The van der Waals surface area contributed by atoms with Gasteiger partial charge in [-0.3, -0.25) is 13.6 Å². The zero-order valence-corrected chi connectivity index (χ0v) is 34.4. The van der Waals surface area contributed by atoms with Gasteiger partial charge in [-0.05, 0) is 63.3 Å². The van der Waals surface area contributed by atoms with Gasteiger partial charge in [-0.15, -0.1) is 0 Å². The third-order valence-corrected chi connectivity index (χ3v) is 15.4. The lowest BCUT2D eigenvalue weighted by Gasteiger charge is -2.26. The highest BCUT2D eigenvalue weighted by Crippen LogP contribution is 2.68. The van der Waals surface area contributed by atoms with E-state index in [1.165, 1.54) is 18.3 Å². The van der Waals surface area contributed by atoms with Crippen LogP contribution in [0.15, 0.2) is 137 Å². The molecule has 1 aliphatic heterocycles. The van der Waals surface area contributed by atoms with Crippen LogP contribution in [0.2, 0.25) is 0 Å². The van der Waals surface area contributed by atoms with Gasteiger partial charge in [0.05, 0.1) is 23.9 Å². The molecule has 18 nitrogen and oxygen atoms in total. The van der Waals surface area contributed by atoms with Crippen LogP contribution in [0.5, 0.6) is 5.75 Å². The molecule has 8 rings (SSSR count). The number of phosphoric ester groups is 2. The van der Waals surface area contributed by atoms with Gasteiger partial charge in [-0.2, -0.15) is 13.6 Å². The molecule has 1 saturated heterocycles. The summed E-state index contributed by atoms with van der Waals surface area (Å²) in [7, 11) is -21.5. The summed E-state index contributed by atoms with van der Waals surface area (Å²) in [5.74, 6) is -0.435. The molecule has 7 aromatic rings. The van der Waals surface area contributed by atoms with E-state index >= 15 is 0 Å². The number of anilines is 2. The molecule has 1 aromatic heterocycles. The maximum Gasteiger partial charge on any atom is 0.490 e. The molecule has 5 unspecified atom stereocenters. The smallest absolute Gasteiger partial charge is 0.483 e. The van der Waals surface area contributed by atoms with E-state index in [9.17, 15) is 41.6 Å². The number of hydrogen-bond donors (Lipinski definition) is 4. The number of phosphoric acid groups is 3. The van der Waals surface area contributed by atoms with Crippen molar-refractivity contribution in [3.8, 4) is 5.75 Å². The molecule has 0 saturated carbocycles. The van der Waals surface area contributed by atoms with Gasteiger partial charge in [-0.1, -0.05) is 84.9 Å². The van der Waals surface area contributed by atoms with Crippen LogP contribution in [0.1, 0.15) is 6.23 Å². The maximum absolute atomic E-state index is 13.5. The first kappa shape index (κ1) is 41.9. The van der Waals surface area contributed by atoms with Crippen LogP contribution in [-0.2, 0) is 45.9 Å². The Kier molecular flexibility index (Phi) is 11.6. The van der Waals surface area contributed by atoms with Crippen molar-refractivity contribution in [2.75, 3.05) is 24.3 Å². The lowest BCUT2D eigenvalue weighted by atomic mass is 9.94. The highest BCUT2D eigenvalue weighted by molar-refractivity contribution is 7.91. The van der Waals surface area contributed by atoms with Gasteiger partial charge in [-0.25, -0.2) is 26.9 Å². The predicted octanol–water partition coefficient (Wildman–Crippen LogP) is 7.07. The fourth-order valence-corrected chi connectivity index (χ4v) is 12.0. The molecule has 22 heteroatoms. The summed E-state index contributed by atoms with van der Waals surface area (Å²) in [4.78, 5) is 48.3. The Bertz CT molecular complexity index is 3000. The summed E-state index contributed by atoms with van der Waals surface area (Å²) >= 11 is 0. The van der Waals surface area contributed by atoms with Crippen LogP contribution in [0, 0.1) is 0 Å². The van der Waals surface area contributed by atoms with Gasteiger partial charge in [0, 0.05) is 17.3 Å². The van der Waals surface area contributed by atoms with Crippen molar-refractivity contribution in [3.63, 3.8) is 0 Å². The number of nitrogens with zero attached hydrogens (tertiary/aromatic N) is 2. The fraction of sp³-hybridized carbons (Fsp3) is 0.158. The maximum atomic E-state index is 13.5. The first-order valence-electron chi connectivity index (χ1n) is 17.9. The van der Waals surface area contributed by atoms with Crippen molar-refractivity contribution in [3.05, 3.63) is 138 Å². The lowest BCUT2D eigenvalue weighted by molar-refractivity contribution is -0.00787. The van der Waals surface area contributed by atoms with Crippen LogP contribution in [0.25, 0.3) is 32.3 Å². The van der Waals surface area contributed by atoms with Gasteiger partial charge >= 0.3 is 29.2 Å². The summed E-state index contributed by atoms with van der Waals surface area (Å²) in [6.07, 6.45) is -2.93. The minimum atomic E-state index is -5.98. The number of sulfone groups is 1. The topological polar surface area (TPSA) is 248 Å². The number of nitrogens with one attached hydrogen (secondary N) is 1. The zero-order valence-electron chi connectivity index (χ0n) is 30.9. The fourth-order valence-electron chi connectivity index (χ4n) is 6.87. The first-order valence-corrected chi connectivity index (χ1v) is 24.1. The van der Waals surface area contributed by atoms with E-state index in [1.54, 1.807) is 72.8 Å². The van der Waals surface area contributed by atoms with Crippen molar-refractivity contribution >= 4 is 77.1 Å². The Labute approximate surface area is 341 Å². The molecule has 312 valence electrons. The van der Waals surface area contributed by atoms with E-state index in [4.69, 9.17) is 18.5 Å². The predicted molar refractivity (Wildman–Crippen MR) is 219 cm³/mol. The molecule has 4 N–H and O–H groups in total. The molecule has 6 aromatic carbocycles. The molecule has 0 aliphatic carbocycles. The number of aromatic nitrogens is 2. The zero-order chi connectivity index (χ0) is 42.3. The number of rotatable bonds is 16. The molecule has 0 bridgehead atoms. The summed E-state index contributed by atoms with van der Waals surface area (Å²) in [6.45, 7) is -1.52. The van der Waals surface area contributed by atoms with Crippen LogP contribution in [-0.4, -0.2) is 63.8 Å². The van der Waals surface area contributed by atoms with Crippen molar-refractivity contribution in [1.82, 2.24) is 9.55 Å². The number of hydrogen-bond acceptors (Lipinski definition) is 14. The highest BCUT2D eigenvalue weighted by Gasteiger charge is 2.49. The van der Waals surface area contributed by atoms with Gasteiger partial charge in [0.1, 0.15) is 17.7 Å². The normalized spacial score (nSPS) is 20.1. The van der Waals surface area contributed by atoms with Crippen LogP contribution >= 0.6 is 23.5 Å². The average Bonchev–Trinajstić information content (AvgIpc) is 3.56. The van der Waals surface area contributed by atoms with E-state index in [0.29, 0.717) is 16.5 Å².